The number of rotatable bonds is 5. The van der Waals surface area contributed by atoms with Crippen LogP contribution in [-0.2, 0) is 16.0 Å². The van der Waals surface area contributed by atoms with Crippen LogP contribution in [0.4, 0.5) is 4.39 Å². The van der Waals surface area contributed by atoms with E-state index in [-0.39, 0.29) is 17.7 Å². The van der Waals surface area contributed by atoms with Crippen molar-refractivity contribution in [3.05, 3.63) is 35.6 Å². The minimum Gasteiger partial charge on any atom is -0.480 e. The van der Waals surface area contributed by atoms with Crippen LogP contribution >= 0.6 is 11.8 Å². The molecule has 114 valence electrons. The summed E-state index contributed by atoms with van der Waals surface area (Å²) < 4.78 is 13.2. The number of carboxylic acids is 1. The number of halogens is 1. The molecule has 0 bridgehead atoms. The van der Waals surface area contributed by atoms with E-state index in [9.17, 15) is 19.1 Å². The van der Waals surface area contributed by atoms with Gasteiger partial charge in [-0.2, -0.15) is 0 Å². The van der Waals surface area contributed by atoms with Gasteiger partial charge in [-0.15, -0.1) is 11.8 Å². The topological polar surface area (TPSA) is 57.6 Å². The highest BCUT2D eigenvalue weighted by Gasteiger charge is 2.40. The summed E-state index contributed by atoms with van der Waals surface area (Å²) >= 11 is 1.50. The number of thioether (sulfide) groups is 1. The molecule has 1 heterocycles. The molecule has 0 aliphatic carbocycles. The van der Waals surface area contributed by atoms with E-state index in [0.717, 1.165) is 12.8 Å². The van der Waals surface area contributed by atoms with E-state index in [1.54, 1.807) is 12.1 Å². The third-order valence-electron chi connectivity index (χ3n) is 3.45. The van der Waals surface area contributed by atoms with Gasteiger partial charge in [-0.3, -0.25) is 4.79 Å². The van der Waals surface area contributed by atoms with Crippen molar-refractivity contribution in [1.82, 2.24) is 4.90 Å². The maximum Gasteiger partial charge on any atom is 0.327 e. The van der Waals surface area contributed by atoms with E-state index >= 15 is 0 Å². The van der Waals surface area contributed by atoms with E-state index in [4.69, 9.17) is 0 Å². The van der Waals surface area contributed by atoms with Gasteiger partial charge in [-0.25, -0.2) is 9.18 Å². The molecule has 21 heavy (non-hydrogen) atoms. The lowest BCUT2D eigenvalue weighted by atomic mass is 10.1. The average molecular weight is 311 g/mol. The molecular weight excluding hydrogens is 293 g/mol. The standard InChI is InChI=1S/C15H18FNO3S/c1-2-4-14-17(12(9-21-14)15(19)20)13(18)8-10-5-3-6-11(16)7-10/h3,5-7,12,14H,2,4,8-9H2,1H3,(H,19,20). The molecular formula is C15H18FNO3S. The molecule has 1 amide bonds. The number of benzene rings is 1. The fraction of sp³-hybridized carbons (Fsp3) is 0.467. The molecule has 2 unspecified atom stereocenters. The first-order valence-corrected chi connectivity index (χ1v) is 7.97. The second-order valence-corrected chi connectivity index (χ2v) is 6.25. The van der Waals surface area contributed by atoms with Crippen molar-refractivity contribution in [2.75, 3.05) is 5.75 Å². The molecule has 1 fully saturated rings. The Bertz CT molecular complexity index is 537. The summed E-state index contributed by atoms with van der Waals surface area (Å²) in [6.45, 7) is 2.00. The zero-order valence-corrected chi connectivity index (χ0v) is 12.6. The highest BCUT2D eigenvalue weighted by molar-refractivity contribution is 8.00. The molecule has 1 aliphatic heterocycles. The van der Waals surface area contributed by atoms with Crippen molar-refractivity contribution >= 4 is 23.6 Å². The maximum atomic E-state index is 13.2. The van der Waals surface area contributed by atoms with E-state index in [1.807, 2.05) is 6.92 Å². The zero-order valence-electron chi connectivity index (χ0n) is 11.8. The molecule has 6 heteroatoms. The van der Waals surface area contributed by atoms with Crippen molar-refractivity contribution in [3.8, 4) is 0 Å². The lowest BCUT2D eigenvalue weighted by Crippen LogP contribution is -2.46. The van der Waals surface area contributed by atoms with Crippen LogP contribution in [0.2, 0.25) is 0 Å². The lowest BCUT2D eigenvalue weighted by molar-refractivity contribution is -0.148. The summed E-state index contributed by atoms with van der Waals surface area (Å²) in [5, 5.41) is 9.16. The third kappa shape index (κ3) is 3.75. The minimum atomic E-state index is -0.978. The molecule has 1 aromatic rings. The van der Waals surface area contributed by atoms with Gasteiger partial charge < -0.3 is 10.0 Å². The van der Waals surface area contributed by atoms with Gasteiger partial charge in [0.15, 0.2) is 0 Å². The van der Waals surface area contributed by atoms with Crippen LogP contribution in [0.15, 0.2) is 24.3 Å². The van der Waals surface area contributed by atoms with Crippen molar-refractivity contribution in [3.63, 3.8) is 0 Å². The van der Waals surface area contributed by atoms with Gasteiger partial charge in [0.05, 0.1) is 11.8 Å². The number of hydrogen-bond acceptors (Lipinski definition) is 3. The minimum absolute atomic E-state index is 0.0301. The zero-order chi connectivity index (χ0) is 15.4. The largest absolute Gasteiger partial charge is 0.480 e. The fourth-order valence-corrected chi connectivity index (χ4v) is 4.01. The van der Waals surface area contributed by atoms with Gasteiger partial charge in [0.2, 0.25) is 5.91 Å². The van der Waals surface area contributed by atoms with Gasteiger partial charge in [-0.1, -0.05) is 25.5 Å². The SMILES string of the molecule is CCCC1SCC(C(=O)O)N1C(=O)Cc1cccc(F)c1. The Hall–Kier alpha value is -1.56. The van der Waals surface area contributed by atoms with E-state index in [1.165, 1.54) is 28.8 Å². The van der Waals surface area contributed by atoms with Crippen LogP contribution in [0.25, 0.3) is 0 Å². The second kappa shape index (κ2) is 6.93. The van der Waals surface area contributed by atoms with Crippen molar-refractivity contribution in [1.29, 1.82) is 0 Å². The second-order valence-electron chi connectivity index (χ2n) is 5.04. The first-order chi connectivity index (χ1) is 10.0. The third-order valence-corrected chi connectivity index (χ3v) is 4.80. The first kappa shape index (κ1) is 15.8. The Morgan fingerprint density at radius 1 is 1.48 bits per heavy atom. The number of carbonyl (C=O) groups is 2. The molecule has 2 atom stereocenters. The van der Waals surface area contributed by atoms with Gasteiger partial charge >= 0.3 is 5.97 Å². The van der Waals surface area contributed by atoms with Gasteiger partial charge in [0.1, 0.15) is 11.9 Å². The van der Waals surface area contributed by atoms with E-state index in [2.05, 4.69) is 0 Å². The number of nitrogens with zero attached hydrogens (tertiary/aromatic N) is 1. The highest BCUT2D eigenvalue weighted by atomic mass is 32.2. The summed E-state index contributed by atoms with van der Waals surface area (Å²) in [6, 6.07) is 5.07. The lowest BCUT2D eigenvalue weighted by Gasteiger charge is -2.27. The van der Waals surface area contributed by atoms with Crippen molar-refractivity contribution in [2.45, 2.75) is 37.6 Å². The van der Waals surface area contributed by atoms with Crippen molar-refractivity contribution < 1.29 is 19.1 Å². The fourth-order valence-electron chi connectivity index (χ4n) is 2.47. The Kier molecular flexibility index (Phi) is 5.22. The predicted molar refractivity (Wildman–Crippen MR) is 79.5 cm³/mol. The predicted octanol–water partition coefficient (Wildman–Crippen LogP) is 2.52. The molecule has 1 saturated heterocycles. The van der Waals surface area contributed by atoms with Crippen LogP contribution < -0.4 is 0 Å². The molecule has 1 aromatic carbocycles. The molecule has 0 radical (unpaired) electrons. The van der Waals surface area contributed by atoms with Crippen LogP contribution in [-0.4, -0.2) is 39.1 Å². The molecule has 1 N–H and O–H groups in total. The molecule has 1 aliphatic rings. The monoisotopic (exact) mass is 311 g/mol. The Morgan fingerprint density at radius 3 is 2.86 bits per heavy atom. The smallest absolute Gasteiger partial charge is 0.327 e. The Balaban J connectivity index is 2.14. The van der Waals surface area contributed by atoms with E-state index < -0.39 is 17.8 Å². The highest BCUT2D eigenvalue weighted by Crippen LogP contribution is 2.32. The van der Waals surface area contributed by atoms with Gasteiger partial charge in [-0.05, 0) is 24.1 Å². The number of hydrogen-bond donors (Lipinski definition) is 1. The number of carbonyl (C=O) groups excluding carboxylic acids is 1. The van der Waals surface area contributed by atoms with Gasteiger partial charge in [0.25, 0.3) is 0 Å². The van der Waals surface area contributed by atoms with Crippen LogP contribution in [0, 0.1) is 5.82 Å². The molecule has 0 spiro atoms. The Labute approximate surface area is 127 Å². The molecule has 0 saturated carbocycles. The molecule has 2 rings (SSSR count). The molecule has 0 aromatic heterocycles. The van der Waals surface area contributed by atoms with Crippen LogP contribution in [0.1, 0.15) is 25.3 Å². The summed E-state index contributed by atoms with van der Waals surface area (Å²) in [5.74, 6) is -1.21. The normalized spacial score (nSPS) is 21.5. The number of aliphatic carboxylic acids is 1. The van der Waals surface area contributed by atoms with E-state index in [0.29, 0.717) is 11.3 Å². The Morgan fingerprint density at radius 2 is 2.24 bits per heavy atom. The number of amides is 1. The maximum absolute atomic E-state index is 13.2. The average Bonchev–Trinajstić information content (AvgIpc) is 2.83. The summed E-state index contributed by atoms with van der Waals surface area (Å²) in [7, 11) is 0. The summed E-state index contributed by atoms with van der Waals surface area (Å²) in [6.07, 6.45) is 1.68. The summed E-state index contributed by atoms with van der Waals surface area (Å²) in [5.41, 5.74) is 0.566. The quantitative estimate of drug-likeness (QED) is 0.908. The van der Waals surface area contributed by atoms with Gasteiger partial charge in [0, 0.05) is 5.75 Å². The van der Waals surface area contributed by atoms with Crippen molar-refractivity contribution in [2.24, 2.45) is 0 Å². The summed E-state index contributed by atoms with van der Waals surface area (Å²) in [4.78, 5) is 25.2. The molecule has 4 nitrogen and oxygen atoms in total. The first-order valence-electron chi connectivity index (χ1n) is 6.93. The van der Waals surface area contributed by atoms with Crippen LogP contribution in [0.3, 0.4) is 0 Å². The number of carboxylic acid groups (broad SMARTS) is 1. The van der Waals surface area contributed by atoms with Crippen LogP contribution in [0.5, 0.6) is 0 Å².